The summed E-state index contributed by atoms with van der Waals surface area (Å²) in [5, 5.41) is 3.54. The molecule has 0 aromatic heterocycles. The third-order valence-electron chi connectivity index (χ3n) is 4.02. The molecule has 1 aliphatic rings. The molecule has 1 fully saturated rings. The zero-order valence-corrected chi connectivity index (χ0v) is 12.3. The highest BCUT2D eigenvalue weighted by atomic mass is 16.5. The first kappa shape index (κ1) is 14.4. The van der Waals surface area contributed by atoms with Crippen LogP contribution in [-0.4, -0.2) is 26.2 Å². The van der Waals surface area contributed by atoms with E-state index < -0.39 is 0 Å². The van der Waals surface area contributed by atoms with Crippen LogP contribution in [0.3, 0.4) is 0 Å². The van der Waals surface area contributed by atoms with E-state index in [0.717, 1.165) is 31.2 Å². The van der Waals surface area contributed by atoms with Crippen molar-refractivity contribution >= 4 is 0 Å². The first-order valence-electron chi connectivity index (χ1n) is 7.20. The van der Waals surface area contributed by atoms with Gasteiger partial charge < -0.3 is 15.8 Å². The van der Waals surface area contributed by atoms with Gasteiger partial charge in [0, 0.05) is 6.04 Å². The Morgan fingerprint density at radius 1 is 1.26 bits per heavy atom. The van der Waals surface area contributed by atoms with Crippen LogP contribution in [0.4, 0.5) is 0 Å². The highest BCUT2D eigenvalue weighted by Gasteiger charge is 2.24. The van der Waals surface area contributed by atoms with Crippen LogP contribution in [0.5, 0.6) is 5.75 Å². The van der Waals surface area contributed by atoms with Crippen LogP contribution >= 0.6 is 0 Å². The van der Waals surface area contributed by atoms with Gasteiger partial charge in [-0.15, -0.1) is 0 Å². The van der Waals surface area contributed by atoms with Gasteiger partial charge >= 0.3 is 0 Å². The SMILES string of the molecule is COc1c(C)cc(CCNCC2CC(N)C2)cc1C. The number of ether oxygens (including phenoxy) is 1. The lowest BCUT2D eigenvalue weighted by Crippen LogP contribution is -2.41. The molecule has 3 heteroatoms. The molecule has 1 saturated carbocycles. The van der Waals surface area contributed by atoms with Gasteiger partial charge in [0.15, 0.2) is 0 Å². The minimum Gasteiger partial charge on any atom is -0.496 e. The molecule has 1 aromatic rings. The lowest BCUT2D eigenvalue weighted by Gasteiger charge is -2.32. The van der Waals surface area contributed by atoms with Gasteiger partial charge in [-0.1, -0.05) is 12.1 Å². The molecule has 0 aliphatic heterocycles. The van der Waals surface area contributed by atoms with Crippen LogP contribution in [-0.2, 0) is 6.42 Å². The van der Waals surface area contributed by atoms with Crippen molar-refractivity contribution in [1.29, 1.82) is 0 Å². The van der Waals surface area contributed by atoms with E-state index in [1.165, 1.54) is 29.5 Å². The predicted octanol–water partition coefficient (Wildman–Crippen LogP) is 2.18. The second kappa shape index (κ2) is 6.40. The van der Waals surface area contributed by atoms with Gasteiger partial charge in [-0.25, -0.2) is 0 Å². The second-order valence-electron chi connectivity index (χ2n) is 5.81. The summed E-state index contributed by atoms with van der Waals surface area (Å²) in [7, 11) is 1.74. The van der Waals surface area contributed by atoms with E-state index in [2.05, 4.69) is 31.3 Å². The molecule has 0 atom stereocenters. The topological polar surface area (TPSA) is 47.3 Å². The third kappa shape index (κ3) is 3.71. The molecule has 19 heavy (non-hydrogen) atoms. The molecular weight excluding hydrogens is 236 g/mol. The number of methoxy groups -OCH3 is 1. The zero-order chi connectivity index (χ0) is 13.8. The van der Waals surface area contributed by atoms with Gasteiger partial charge in [-0.2, -0.15) is 0 Å². The maximum Gasteiger partial charge on any atom is 0.124 e. The largest absolute Gasteiger partial charge is 0.496 e. The monoisotopic (exact) mass is 262 g/mol. The van der Waals surface area contributed by atoms with Gasteiger partial charge in [0.1, 0.15) is 5.75 Å². The van der Waals surface area contributed by atoms with Crippen molar-refractivity contribution in [3.63, 3.8) is 0 Å². The number of aryl methyl sites for hydroxylation is 2. The fourth-order valence-electron chi connectivity index (χ4n) is 3.00. The fourth-order valence-corrected chi connectivity index (χ4v) is 3.00. The molecule has 1 aromatic carbocycles. The van der Waals surface area contributed by atoms with E-state index in [4.69, 9.17) is 10.5 Å². The van der Waals surface area contributed by atoms with Crippen molar-refractivity contribution in [3.05, 3.63) is 28.8 Å². The summed E-state index contributed by atoms with van der Waals surface area (Å²) in [6.07, 6.45) is 3.45. The van der Waals surface area contributed by atoms with Crippen molar-refractivity contribution < 1.29 is 4.74 Å². The Morgan fingerprint density at radius 2 is 1.89 bits per heavy atom. The molecule has 0 unspecified atom stereocenters. The van der Waals surface area contributed by atoms with E-state index in [9.17, 15) is 0 Å². The smallest absolute Gasteiger partial charge is 0.124 e. The normalized spacial score (nSPS) is 22.1. The van der Waals surface area contributed by atoms with E-state index in [1.54, 1.807) is 7.11 Å². The summed E-state index contributed by atoms with van der Waals surface area (Å²) >= 11 is 0. The molecule has 0 radical (unpaired) electrons. The quantitative estimate of drug-likeness (QED) is 0.773. The molecule has 2 rings (SSSR count). The highest BCUT2D eigenvalue weighted by molar-refractivity contribution is 5.43. The van der Waals surface area contributed by atoms with E-state index in [-0.39, 0.29) is 0 Å². The zero-order valence-electron chi connectivity index (χ0n) is 12.3. The molecule has 0 heterocycles. The number of nitrogens with two attached hydrogens (primary N) is 1. The van der Waals surface area contributed by atoms with Gasteiger partial charge in [-0.3, -0.25) is 0 Å². The third-order valence-corrected chi connectivity index (χ3v) is 4.02. The summed E-state index contributed by atoms with van der Waals surface area (Å²) in [6, 6.07) is 4.92. The Labute approximate surface area is 116 Å². The summed E-state index contributed by atoms with van der Waals surface area (Å²) in [4.78, 5) is 0. The van der Waals surface area contributed by atoms with Gasteiger partial charge in [0.05, 0.1) is 7.11 Å². The Hall–Kier alpha value is -1.06. The van der Waals surface area contributed by atoms with Crippen molar-refractivity contribution in [1.82, 2.24) is 5.32 Å². The van der Waals surface area contributed by atoms with Crippen LogP contribution in [0.2, 0.25) is 0 Å². The molecule has 106 valence electrons. The molecule has 1 aliphatic carbocycles. The standard InChI is InChI=1S/C16H26N2O/c1-11-6-13(7-12(2)16(11)19-3)4-5-18-10-14-8-15(17)9-14/h6-7,14-15,18H,4-5,8-10,17H2,1-3H3. The maximum absolute atomic E-state index is 5.79. The first-order chi connectivity index (χ1) is 9.10. The highest BCUT2D eigenvalue weighted by Crippen LogP contribution is 2.25. The van der Waals surface area contributed by atoms with E-state index in [0.29, 0.717) is 6.04 Å². The second-order valence-corrected chi connectivity index (χ2v) is 5.81. The summed E-state index contributed by atoms with van der Waals surface area (Å²) in [5.74, 6) is 1.81. The summed E-state index contributed by atoms with van der Waals surface area (Å²) in [5.41, 5.74) is 9.62. The van der Waals surface area contributed by atoms with Crippen molar-refractivity contribution in [2.45, 2.75) is 39.2 Å². The van der Waals surface area contributed by atoms with E-state index >= 15 is 0 Å². The average Bonchev–Trinajstić information content (AvgIpc) is 2.31. The number of hydrogen-bond donors (Lipinski definition) is 2. The van der Waals surface area contributed by atoms with Crippen LogP contribution in [0.1, 0.15) is 29.5 Å². The van der Waals surface area contributed by atoms with Crippen LogP contribution in [0.25, 0.3) is 0 Å². The Kier molecular flexibility index (Phi) is 4.83. The Bertz CT molecular complexity index is 402. The van der Waals surface area contributed by atoms with Crippen LogP contribution in [0, 0.1) is 19.8 Å². The van der Waals surface area contributed by atoms with Gasteiger partial charge in [0.25, 0.3) is 0 Å². The number of rotatable bonds is 6. The molecule has 0 spiro atoms. The summed E-state index contributed by atoms with van der Waals surface area (Å²) in [6.45, 7) is 6.37. The number of benzene rings is 1. The average molecular weight is 262 g/mol. The minimum absolute atomic E-state index is 0.457. The van der Waals surface area contributed by atoms with Crippen molar-refractivity contribution in [3.8, 4) is 5.75 Å². The number of hydrogen-bond acceptors (Lipinski definition) is 3. The van der Waals surface area contributed by atoms with Crippen molar-refractivity contribution in [2.75, 3.05) is 20.2 Å². The molecule has 0 amide bonds. The Morgan fingerprint density at radius 3 is 2.42 bits per heavy atom. The Balaban J connectivity index is 1.76. The summed E-state index contributed by atoms with van der Waals surface area (Å²) < 4.78 is 5.39. The molecule has 3 nitrogen and oxygen atoms in total. The van der Waals surface area contributed by atoms with Gasteiger partial charge in [0.2, 0.25) is 0 Å². The number of nitrogens with one attached hydrogen (secondary N) is 1. The lowest BCUT2D eigenvalue weighted by molar-refractivity contribution is 0.257. The first-order valence-corrected chi connectivity index (χ1v) is 7.20. The molecule has 0 bridgehead atoms. The predicted molar refractivity (Wildman–Crippen MR) is 79.7 cm³/mol. The molecule has 0 saturated heterocycles. The van der Waals surface area contributed by atoms with Crippen LogP contribution < -0.4 is 15.8 Å². The maximum atomic E-state index is 5.79. The molecular formula is C16H26N2O. The lowest BCUT2D eigenvalue weighted by atomic mass is 9.81. The fraction of sp³-hybridized carbons (Fsp3) is 0.625. The van der Waals surface area contributed by atoms with Gasteiger partial charge in [-0.05, 0) is 68.8 Å². The van der Waals surface area contributed by atoms with Crippen molar-refractivity contribution in [2.24, 2.45) is 11.7 Å². The molecule has 3 N–H and O–H groups in total. The minimum atomic E-state index is 0.457. The van der Waals surface area contributed by atoms with Crippen LogP contribution in [0.15, 0.2) is 12.1 Å². The van der Waals surface area contributed by atoms with E-state index in [1.807, 2.05) is 0 Å².